The van der Waals surface area contributed by atoms with Crippen LogP contribution in [0.4, 0.5) is 0 Å². The Kier molecular flexibility index (Phi) is 5.05. The van der Waals surface area contributed by atoms with Crippen LogP contribution < -0.4 is 5.56 Å². The molecule has 6 rings (SSSR count). The molecule has 0 amide bonds. The van der Waals surface area contributed by atoms with E-state index in [4.69, 9.17) is 4.74 Å². The number of benzene rings is 1. The normalized spacial score (nSPS) is 30.2. The summed E-state index contributed by atoms with van der Waals surface area (Å²) in [5.41, 5.74) is 3.70. The standard InChI is InChI=1S/C26H31N3O2/c30-26-21(16-28-17-24-12-23(28)18-31-24)8-9-25-22-11-20(14-29(25)26)13-27(15-22)10-4-7-19-5-2-1-3-6-19/h1-9,20,22-24H,10-18H2/b7-4+/t20-,22+,23+,24+/m0/s1. The Morgan fingerprint density at radius 2 is 1.90 bits per heavy atom. The highest BCUT2D eigenvalue weighted by Crippen LogP contribution is 2.35. The predicted molar refractivity (Wildman–Crippen MR) is 122 cm³/mol. The molecule has 4 bridgehead atoms. The van der Waals surface area contributed by atoms with Crippen molar-refractivity contribution in [2.75, 3.05) is 32.8 Å². The molecule has 4 aliphatic heterocycles. The van der Waals surface area contributed by atoms with Crippen molar-refractivity contribution in [3.8, 4) is 0 Å². The zero-order chi connectivity index (χ0) is 20.8. The Bertz CT molecular complexity index is 1030. The molecule has 1 aromatic heterocycles. The van der Waals surface area contributed by atoms with Crippen molar-refractivity contribution in [1.29, 1.82) is 0 Å². The molecule has 0 spiro atoms. The van der Waals surface area contributed by atoms with Gasteiger partial charge < -0.3 is 9.30 Å². The number of morpholine rings is 1. The first-order chi connectivity index (χ1) is 15.2. The van der Waals surface area contributed by atoms with Crippen molar-refractivity contribution in [3.63, 3.8) is 0 Å². The summed E-state index contributed by atoms with van der Waals surface area (Å²) < 4.78 is 7.83. The van der Waals surface area contributed by atoms with Crippen molar-refractivity contribution in [3.05, 3.63) is 75.7 Å². The number of rotatable bonds is 5. The number of fused-ring (bicyclic) bond motifs is 6. The van der Waals surface area contributed by atoms with Gasteiger partial charge in [0, 0.05) is 62.5 Å². The molecule has 2 aromatic rings. The highest BCUT2D eigenvalue weighted by atomic mass is 16.5. The Labute approximate surface area is 183 Å². The summed E-state index contributed by atoms with van der Waals surface area (Å²) in [4.78, 5) is 18.3. The maximum absolute atomic E-state index is 13.3. The van der Waals surface area contributed by atoms with Gasteiger partial charge in [0.25, 0.3) is 5.56 Å². The van der Waals surface area contributed by atoms with E-state index in [2.05, 4.69) is 69.0 Å². The van der Waals surface area contributed by atoms with Crippen LogP contribution in [0.25, 0.3) is 6.08 Å². The lowest BCUT2D eigenvalue weighted by atomic mass is 9.83. The lowest BCUT2D eigenvalue weighted by Crippen LogP contribution is -2.48. The third-order valence-electron chi connectivity index (χ3n) is 7.62. The molecule has 4 aliphatic rings. The minimum absolute atomic E-state index is 0.244. The second-order valence-corrected chi connectivity index (χ2v) is 9.80. The van der Waals surface area contributed by atoms with Gasteiger partial charge in [0.05, 0.1) is 12.7 Å². The number of ether oxygens (including phenoxy) is 1. The summed E-state index contributed by atoms with van der Waals surface area (Å²) in [6.45, 7) is 6.55. The van der Waals surface area contributed by atoms with E-state index in [9.17, 15) is 4.79 Å². The first kappa shape index (κ1) is 19.5. The second kappa shape index (κ2) is 8.05. The van der Waals surface area contributed by atoms with Crippen molar-refractivity contribution in [1.82, 2.24) is 14.4 Å². The molecule has 0 radical (unpaired) electrons. The second-order valence-electron chi connectivity index (χ2n) is 9.80. The fourth-order valence-electron chi connectivity index (χ4n) is 6.15. The number of hydrogen-bond donors (Lipinski definition) is 0. The third kappa shape index (κ3) is 3.79. The van der Waals surface area contributed by atoms with Crippen LogP contribution in [0.2, 0.25) is 0 Å². The van der Waals surface area contributed by atoms with Gasteiger partial charge in [-0.05, 0) is 30.4 Å². The Morgan fingerprint density at radius 1 is 1.00 bits per heavy atom. The Hall–Kier alpha value is -2.21. The smallest absolute Gasteiger partial charge is 0.255 e. The zero-order valence-electron chi connectivity index (χ0n) is 18.0. The fourth-order valence-corrected chi connectivity index (χ4v) is 6.15. The monoisotopic (exact) mass is 417 g/mol. The summed E-state index contributed by atoms with van der Waals surface area (Å²) >= 11 is 0. The van der Waals surface area contributed by atoms with Crippen LogP contribution in [-0.4, -0.2) is 59.3 Å². The van der Waals surface area contributed by atoms with Crippen LogP contribution >= 0.6 is 0 Å². The minimum atomic E-state index is 0.244. The molecule has 0 saturated carbocycles. The van der Waals surface area contributed by atoms with Crippen LogP contribution in [-0.2, 0) is 17.8 Å². The maximum atomic E-state index is 13.3. The van der Waals surface area contributed by atoms with E-state index in [1.165, 1.54) is 17.7 Å². The van der Waals surface area contributed by atoms with Crippen LogP contribution in [0.3, 0.4) is 0 Å². The van der Waals surface area contributed by atoms with E-state index in [1.807, 2.05) is 0 Å². The number of likely N-dealkylation sites (tertiary alicyclic amines) is 2. The van der Waals surface area contributed by atoms with Crippen LogP contribution in [0, 0.1) is 5.92 Å². The van der Waals surface area contributed by atoms with Gasteiger partial charge in [0.1, 0.15) is 0 Å². The minimum Gasteiger partial charge on any atom is -0.375 e. The average molecular weight is 418 g/mol. The van der Waals surface area contributed by atoms with E-state index in [1.54, 1.807) is 0 Å². The van der Waals surface area contributed by atoms with E-state index in [0.29, 0.717) is 24.0 Å². The summed E-state index contributed by atoms with van der Waals surface area (Å²) in [6, 6.07) is 15.3. The number of pyridine rings is 1. The van der Waals surface area contributed by atoms with Crippen molar-refractivity contribution in [2.45, 2.75) is 44.0 Å². The Morgan fingerprint density at radius 3 is 2.71 bits per heavy atom. The molecule has 0 N–H and O–H groups in total. The summed E-state index contributed by atoms with van der Waals surface area (Å²) in [5.74, 6) is 1.04. The molecule has 0 unspecified atom stereocenters. The zero-order valence-corrected chi connectivity index (χ0v) is 18.0. The van der Waals surface area contributed by atoms with Gasteiger partial charge in [0.2, 0.25) is 0 Å². The molecule has 31 heavy (non-hydrogen) atoms. The van der Waals surface area contributed by atoms with Gasteiger partial charge in [-0.1, -0.05) is 48.6 Å². The molecule has 0 aliphatic carbocycles. The first-order valence-corrected chi connectivity index (χ1v) is 11.7. The van der Waals surface area contributed by atoms with Gasteiger partial charge in [-0.25, -0.2) is 0 Å². The molecule has 1 aromatic carbocycles. The molecular weight excluding hydrogens is 386 g/mol. The highest BCUT2D eigenvalue weighted by Gasteiger charge is 2.39. The molecule has 5 heteroatoms. The van der Waals surface area contributed by atoms with Gasteiger partial charge in [-0.3, -0.25) is 14.6 Å². The van der Waals surface area contributed by atoms with Crippen molar-refractivity contribution < 1.29 is 4.74 Å². The molecule has 3 saturated heterocycles. The topological polar surface area (TPSA) is 37.7 Å². The fraction of sp³-hybridized carbons (Fsp3) is 0.500. The van der Waals surface area contributed by atoms with Crippen LogP contribution in [0.15, 0.2) is 53.3 Å². The lowest BCUT2D eigenvalue weighted by molar-refractivity contribution is 0.0270. The number of aromatic nitrogens is 1. The Balaban J connectivity index is 1.15. The highest BCUT2D eigenvalue weighted by molar-refractivity contribution is 5.48. The quantitative estimate of drug-likeness (QED) is 0.750. The lowest BCUT2D eigenvalue weighted by Gasteiger charge is -2.42. The van der Waals surface area contributed by atoms with Gasteiger partial charge in [-0.2, -0.15) is 0 Å². The number of nitrogens with zero attached hydrogens (tertiary/aromatic N) is 3. The van der Waals surface area contributed by atoms with Crippen LogP contribution in [0.5, 0.6) is 0 Å². The molecule has 5 heterocycles. The van der Waals surface area contributed by atoms with E-state index < -0.39 is 0 Å². The van der Waals surface area contributed by atoms with Crippen molar-refractivity contribution >= 4 is 6.08 Å². The average Bonchev–Trinajstić information content (AvgIpc) is 3.40. The summed E-state index contributed by atoms with van der Waals surface area (Å²) in [5, 5.41) is 0. The molecule has 4 atom stereocenters. The van der Waals surface area contributed by atoms with Gasteiger partial charge in [-0.15, -0.1) is 0 Å². The number of piperidine rings is 1. The summed E-state index contributed by atoms with van der Waals surface area (Å²) in [7, 11) is 0. The molecular formula is C26H31N3O2. The SMILES string of the molecule is O=c1c(CN2C[C@H]3C[C@@H]2CO3)ccc2n1C[C@H]1C[C@@H]2CN(C/C=C/c2ccccc2)C1. The van der Waals surface area contributed by atoms with Gasteiger partial charge in [0.15, 0.2) is 0 Å². The predicted octanol–water partition coefficient (Wildman–Crippen LogP) is 2.95. The molecule has 162 valence electrons. The summed E-state index contributed by atoms with van der Waals surface area (Å²) in [6.07, 6.45) is 7.22. The van der Waals surface area contributed by atoms with Crippen molar-refractivity contribution in [2.24, 2.45) is 5.92 Å². The van der Waals surface area contributed by atoms with E-state index >= 15 is 0 Å². The largest absolute Gasteiger partial charge is 0.375 e. The van der Waals surface area contributed by atoms with Gasteiger partial charge >= 0.3 is 0 Å². The maximum Gasteiger partial charge on any atom is 0.255 e. The first-order valence-electron chi connectivity index (χ1n) is 11.7. The third-order valence-corrected chi connectivity index (χ3v) is 7.62. The molecule has 3 fully saturated rings. The van der Waals surface area contributed by atoms with E-state index in [-0.39, 0.29) is 5.56 Å². The van der Waals surface area contributed by atoms with E-state index in [0.717, 1.165) is 57.9 Å². The number of hydrogen-bond acceptors (Lipinski definition) is 4. The van der Waals surface area contributed by atoms with Crippen LogP contribution in [0.1, 0.15) is 35.6 Å². The molecule has 5 nitrogen and oxygen atoms in total.